The van der Waals surface area contributed by atoms with Gasteiger partial charge in [0, 0.05) is 34.2 Å². The van der Waals surface area contributed by atoms with Crippen molar-refractivity contribution in [2.45, 2.75) is 6.54 Å². The second kappa shape index (κ2) is 6.27. The molecule has 0 atom stereocenters. The number of rotatable bonds is 3. The predicted octanol–water partition coefficient (Wildman–Crippen LogP) is 6.62. The van der Waals surface area contributed by atoms with Crippen molar-refractivity contribution >= 4 is 44.1 Å². The van der Waals surface area contributed by atoms with Gasteiger partial charge in [-0.2, -0.15) is 0 Å². The zero-order valence-corrected chi connectivity index (χ0v) is 15.5. The first kappa shape index (κ1) is 15.6. The number of hydrogen-bond donors (Lipinski definition) is 0. The monoisotopic (exact) mass is 374 g/mol. The topological polar surface area (TPSA) is 17.8 Å². The Labute approximate surface area is 160 Å². The minimum atomic E-state index is 0.741. The minimum absolute atomic E-state index is 0.741. The lowest BCUT2D eigenvalue weighted by molar-refractivity contribution is 0.838. The van der Waals surface area contributed by atoms with Crippen LogP contribution in [0.1, 0.15) is 5.56 Å². The van der Waals surface area contributed by atoms with E-state index in [4.69, 9.17) is 16.6 Å². The molecule has 0 aliphatic rings. The van der Waals surface area contributed by atoms with Crippen molar-refractivity contribution in [1.29, 1.82) is 0 Å². The molecule has 0 spiro atoms. The van der Waals surface area contributed by atoms with Gasteiger partial charge in [-0.25, -0.2) is 4.98 Å². The van der Waals surface area contributed by atoms with Crippen LogP contribution in [0.15, 0.2) is 79.0 Å². The lowest BCUT2D eigenvalue weighted by atomic mass is 10.2. The summed E-state index contributed by atoms with van der Waals surface area (Å²) in [4.78, 5) is 4.85. The average Bonchev–Trinajstić information content (AvgIpc) is 3.25. The maximum Gasteiger partial charge on any atom is 0.126 e. The first-order valence-corrected chi connectivity index (χ1v) is 9.66. The van der Waals surface area contributed by atoms with Crippen LogP contribution >= 0.6 is 22.9 Å². The van der Waals surface area contributed by atoms with Gasteiger partial charge < -0.3 is 4.57 Å². The van der Waals surface area contributed by atoms with E-state index < -0.39 is 0 Å². The number of aromatic nitrogens is 2. The Balaban J connectivity index is 1.68. The molecule has 0 N–H and O–H groups in total. The fourth-order valence-electron chi connectivity index (χ4n) is 3.35. The number of fused-ring (bicyclic) bond motifs is 2. The fourth-order valence-corrected chi connectivity index (χ4v) is 4.53. The molecule has 26 heavy (non-hydrogen) atoms. The predicted molar refractivity (Wildman–Crippen MR) is 111 cm³/mol. The number of benzene rings is 3. The molecule has 0 saturated heterocycles. The van der Waals surface area contributed by atoms with Gasteiger partial charge in [0.1, 0.15) is 5.01 Å². The van der Waals surface area contributed by atoms with Crippen LogP contribution in [0.5, 0.6) is 0 Å². The SMILES string of the molecule is Clc1ccccc1Cn1cc(-c2nc3ccccc3s2)c2ccccc21. The van der Waals surface area contributed by atoms with Gasteiger partial charge in [-0.1, -0.05) is 60.1 Å². The summed E-state index contributed by atoms with van der Waals surface area (Å²) in [6.45, 7) is 0.741. The molecule has 4 heteroatoms. The van der Waals surface area contributed by atoms with E-state index in [2.05, 4.69) is 59.3 Å². The van der Waals surface area contributed by atoms with Gasteiger partial charge in [-0.15, -0.1) is 11.3 Å². The Bertz CT molecular complexity index is 1200. The van der Waals surface area contributed by atoms with E-state index in [1.54, 1.807) is 11.3 Å². The van der Waals surface area contributed by atoms with Crippen molar-refractivity contribution in [2.75, 3.05) is 0 Å². The summed E-state index contributed by atoms with van der Waals surface area (Å²) < 4.78 is 3.48. The second-order valence-corrected chi connectivity index (χ2v) is 7.70. The molecule has 126 valence electrons. The molecular formula is C22H15ClN2S. The number of halogens is 1. The molecule has 3 aromatic carbocycles. The van der Waals surface area contributed by atoms with Gasteiger partial charge in [-0.3, -0.25) is 0 Å². The zero-order chi connectivity index (χ0) is 17.5. The molecule has 0 unspecified atom stereocenters. The van der Waals surface area contributed by atoms with Crippen LogP contribution in [0.3, 0.4) is 0 Å². The molecule has 0 radical (unpaired) electrons. The van der Waals surface area contributed by atoms with Crippen LogP contribution < -0.4 is 0 Å². The van der Waals surface area contributed by atoms with Crippen molar-refractivity contribution in [3.8, 4) is 10.6 Å². The molecular weight excluding hydrogens is 360 g/mol. The Morgan fingerprint density at radius 3 is 2.54 bits per heavy atom. The van der Waals surface area contributed by atoms with Crippen molar-refractivity contribution < 1.29 is 0 Å². The molecule has 2 heterocycles. The van der Waals surface area contributed by atoms with Crippen LogP contribution in [0.25, 0.3) is 31.7 Å². The molecule has 0 amide bonds. The molecule has 5 rings (SSSR count). The first-order chi connectivity index (χ1) is 12.8. The minimum Gasteiger partial charge on any atom is -0.342 e. The highest BCUT2D eigenvalue weighted by molar-refractivity contribution is 7.21. The molecule has 0 aliphatic heterocycles. The molecule has 2 aromatic heterocycles. The van der Waals surface area contributed by atoms with E-state index in [0.29, 0.717) is 0 Å². The highest BCUT2D eigenvalue weighted by Gasteiger charge is 2.14. The molecule has 0 aliphatic carbocycles. The first-order valence-electron chi connectivity index (χ1n) is 8.47. The van der Waals surface area contributed by atoms with E-state index in [9.17, 15) is 0 Å². The smallest absolute Gasteiger partial charge is 0.126 e. The van der Waals surface area contributed by atoms with Crippen molar-refractivity contribution in [3.63, 3.8) is 0 Å². The van der Waals surface area contributed by atoms with Crippen LogP contribution in [0.4, 0.5) is 0 Å². The Morgan fingerprint density at radius 1 is 0.885 bits per heavy atom. The third-order valence-corrected chi connectivity index (χ3v) is 6.05. The highest BCUT2D eigenvalue weighted by Crippen LogP contribution is 2.36. The molecule has 0 fully saturated rings. The van der Waals surface area contributed by atoms with E-state index in [1.165, 1.54) is 21.2 Å². The van der Waals surface area contributed by atoms with Crippen molar-refractivity contribution in [1.82, 2.24) is 9.55 Å². The number of hydrogen-bond acceptors (Lipinski definition) is 2. The lowest BCUT2D eigenvalue weighted by Crippen LogP contribution is -1.98. The Morgan fingerprint density at radius 2 is 1.65 bits per heavy atom. The van der Waals surface area contributed by atoms with E-state index in [1.807, 2.05) is 24.3 Å². The Kier molecular flexibility index (Phi) is 3.77. The standard InChI is InChI=1S/C22H15ClN2S/c23-18-9-3-1-7-15(18)13-25-14-17(16-8-2-5-11-20(16)25)22-24-19-10-4-6-12-21(19)26-22/h1-12,14H,13H2. The summed E-state index contributed by atoms with van der Waals surface area (Å²) >= 11 is 8.12. The summed E-state index contributed by atoms with van der Waals surface area (Å²) in [5.41, 5.74) is 4.54. The summed E-state index contributed by atoms with van der Waals surface area (Å²) in [7, 11) is 0. The maximum absolute atomic E-state index is 6.38. The van der Waals surface area contributed by atoms with Gasteiger partial charge >= 0.3 is 0 Å². The summed E-state index contributed by atoms with van der Waals surface area (Å²) in [6, 6.07) is 24.8. The van der Waals surface area contributed by atoms with E-state index >= 15 is 0 Å². The number of thiazole rings is 1. The molecule has 2 nitrogen and oxygen atoms in total. The van der Waals surface area contributed by atoms with Crippen LogP contribution in [0.2, 0.25) is 5.02 Å². The molecule has 5 aromatic rings. The average molecular weight is 375 g/mol. The van der Waals surface area contributed by atoms with Gasteiger partial charge in [0.25, 0.3) is 0 Å². The van der Waals surface area contributed by atoms with Gasteiger partial charge in [0.2, 0.25) is 0 Å². The highest BCUT2D eigenvalue weighted by atomic mass is 35.5. The van der Waals surface area contributed by atoms with Crippen molar-refractivity contribution in [3.05, 3.63) is 89.6 Å². The number of para-hydroxylation sites is 2. The summed E-state index contributed by atoms with van der Waals surface area (Å²) in [5, 5.41) is 3.07. The number of nitrogens with zero attached hydrogens (tertiary/aromatic N) is 2. The Hall–Kier alpha value is -2.62. The van der Waals surface area contributed by atoms with Crippen LogP contribution in [-0.4, -0.2) is 9.55 Å². The molecule has 0 bridgehead atoms. The second-order valence-electron chi connectivity index (χ2n) is 6.27. The van der Waals surface area contributed by atoms with E-state index in [-0.39, 0.29) is 0 Å². The normalized spacial score (nSPS) is 11.4. The van der Waals surface area contributed by atoms with Gasteiger partial charge in [0.05, 0.1) is 10.2 Å². The van der Waals surface area contributed by atoms with Crippen molar-refractivity contribution in [2.24, 2.45) is 0 Å². The maximum atomic E-state index is 6.38. The van der Waals surface area contributed by atoms with Gasteiger partial charge in [-0.05, 0) is 29.8 Å². The molecule has 0 saturated carbocycles. The quantitative estimate of drug-likeness (QED) is 0.347. The van der Waals surface area contributed by atoms with Gasteiger partial charge in [0.15, 0.2) is 0 Å². The third kappa shape index (κ3) is 2.61. The summed E-state index contributed by atoms with van der Waals surface area (Å²) in [5.74, 6) is 0. The fraction of sp³-hybridized carbons (Fsp3) is 0.0455. The third-order valence-electron chi connectivity index (χ3n) is 4.61. The summed E-state index contributed by atoms with van der Waals surface area (Å²) in [6.07, 6.45) is 2.20. The largest absolute Gasteiger partial charge is 0.342 e. The zero-order valence-electron chi connectivity index (χ0n) is 13.9. The lowest BCUT2D eigenvalue weighted by Gasteiger charge is -2.07. The van der Waals surface area contributed by atoms with Crippen LogP contribution in [0, 0.1) is 0 Å². The van der Waals surface area contributed by atoms with Crippen LogP contribution in [-0.2, 0) is 6.54 Å². The van der Waals surface area contributed by atoms with E-state index in [0.717, 1.165) is 27.7 Å².